The second kappa shape index (κ2) is 3.89. The van der Waals surface area contributed by atoms with Gasteiger partial charge >= 0.3 is 0 Å². The van der Waals surface area contributed by atoms with Crippen LogP contribution in [0.3, 0.4) is 0 Å². The Balaban J connectivity index is 2.14. The molecule has 0 aromatic carbocycles. The summed E-state index contributed by atoms with van der Waals surface area (Å²) in [7, 11) is 0. The molecule has 0 unspecified atom stereocenters. The van der Waals surface area contributed by atoms with Gasteiger partial charge < -0.3 is 5.73 Å². The maximum Gasteiger partial charge on any atom is 0.258 e. The van der Waals surface area contributed by atoms with E-state index in [1.165, 1.54) is 11.3 Å². The smallest absolute Gasteiger partial charge is 0.258 e. The van der Waals surface area contributed by atoms with E-state index in [2.05, 4.69) is 0 Å². The van der Waals surface area contributed by atoms with E-state index in [1.807, 2.05) is 34.6 Å². The first-order chi connectivity index (χ1) is 6.75. The number of primary amides is 1. The molecule has 2 aromatic heterocycles. The normalized spacial score (nSPS) is 10.3. The Morgan fingerprint density at radius 2 is 2.07 bits per heavy atom. The third kappa shape index (κ3) is 2.00. The number of amides is 1. The first-order valence-corrected chi connectivity index (χ1v) is 5.55. The molecule has 0 saturated carbocycles. The topological polar surface area (TPSA) is 48.0 Å². The van der Waals surface area contributed by atoms with E-state index in [9.17, 15) is 4.79 Å². The Bertz CT molecular complexity index is 433. The van der Waals surface area contributed by atoms with E-state index >= 15 is 0 Å². The standard InChI is InChI=1S/C9H8N2OS2/c10-9(12)7-3-4-8(13-7)14-11-5-1-2-6-11/h1-6H,(H2,10,12). The minimum Gasteiger partial charge on any atom is -0.365 e. The third-order valence-electron chi connectivity index (χ3n) is 1.60. The van der Waals surface area contributed by atoms with Gasteiger partial charge in [-0.15, -0.1) is 11.3 Å². The summed E-state index contributed by atoms with van der Waals surface area (Å²) in [6, 6.07) is 7.56. The Kier molecular flexibility index (Phi) is 2.60. The van der Waals surface area contributed by atoms with Crippen molar-refractivity contribution in [1.29, 1.82) is 0 Å². The minimum atomic E-state index is -0.366. The zero-order valence-electron chi connectivity index (χ0n) is 7.21. The van der Waals surface area contributed by atoms with Gasteiger partial charge in [0.05, 0.1) is 9.09 Å². The fraction of sp³-hybridized carbons (Fsp3) is 0. The lowest BCUT2D eigenvalue weighted by atomic mass is 10.5. The van der Waals surface area contributed by atoms with E-state index in [0.717, 1.165) is 4.21 Å². The lowest BCUT2D eigenvalue weighted by Gasteiger charge is -1.96. The molecular formula is C9H8N2OS2. The number of carbonyl (C=O) groups excluding carboxylic acids is 1. The van der Waals surface area contributed by atoms with Gasteiger partial charge in [-0.3, -0.25) is 8.77 Å². The van der Waals surface area contributed by atoms with Gasteiger partial charge in [-0.1, -0.05) is 0 Å². The summed E-state index contributed by atoms with van der Waals surface area (Å²) in [5, 5.41) is 0. The van der Waals surface area contributed by atoms with Crippen LogP contribution in [-0.4, -0.2) is 9.88 Å². The van der Waals surface area contributed by atoms with Crippen LogP contribution in [0.25, 0.3) is 0 Å². The predicted molar refractivity (Wildman–Crippen MR) is 58.5 cm³/mol. The molecule has 3 nitrogen and oxygen atoms in total. The molecular weight excluding hydrogens is 216 g/mol. The maximum absolute atomic E-state index is 10.8. The SMILES string of the molecule is NC(=O)c1ccc(Sn2cccc2)s1. The van der Waals surface area contributed by atoms with Gasteiger partial charge in [0.25, 0.3) is 5.91 Å². The fourth-order valence-electron chi connectivity index (χ4n) is 0.985. The summed E-state index contributed by atoms with van der Waals surface area (Å²) in [6.45, 7) is 0. The monoisotopic (exact) mass is 224 g/mol. The van der Waals surface area contributed by atoms with Crippen molar-refractivity contribution in [1.82, 2.24) is 3.97 Å². The van der Waals surface area contributed by atoms with Crippen molar-refractivity contribution in [3.8, 4) is 0 Å². The van der Waals surface area contributed by atoms with Gasteiger partial charge in [-0.05, 0) is 24.3 Å². The number of rotatable bonds is 3. The van der Waals surface area contributed by atoms with Crippen LogP contribution in [0.2, 0.25) is 0 Å². The van der Waals surface area contributed by atoms with E-state index in [0.29, 0.717) is 4.88 Å². The average molecular weight is 224 g/mol. The molecule has 2 heterocycles. The van der Waals surface area contributed by atoms with Crippen molar-refractivity contribution in [2.24, 2.45) is 5.73 Å². The average Bonchev–Trinajstić information content (AvgIpc) is 2.75. The summed E-state index contributed by atoms with van der Waals surface area (Å²) in [5.41, 5.74) is 5.16. The van der Waals surface area contributed by atoms with Crippen molar-refractivity contribution in [3.05, 3.63) is 41.5 Å². The molecule has 14 heavy (non-hydrogen) atoms. The molecule has 72 valence electrons. The van der Waals surface area contributed by atoms with Crippen LogP contribution >= 0.6 is 23.3 Å². The minimum absolute atomic E-state index is 0.366. The Hall–Kier alpha value is -1.20. The molecule has 0 bridgehead atoms. The quantitative estimate of drug-likeness (QED) is 0.868. The van der Waals surface area contributed by atoms with Gasteiger partial charge in [-0.2, -0.15) is 0 Å². The Morgan fingerprint density at radius 1 is 1.36 bits per heavy atom. The highest BCUT2D eigenvalue weighted by Crippen LogP contribution is 2.28. The van der Waals surface area contributed by atoms with E-state index in [4.69, 9.17) is 5.73 Å². The first-order valence-electron chi connectivity index (χ1n) is 3.96. The predicted octanol–water partition coefficient (Wildman–Crippen LogP) is 2.20. The van der Waals surface area contributed by atoms with Gasteiger partial charge in [0, 0.05) is 24.3 Å². The van der Waals surface area contributed by atoms with Crippen LogP contribution in [0.1, 0.15) is 9.67 Å². The number of hydrogen-bond donors (Lipinski definition) is 1. The third-order valence-corrected chi connectivity index (χ3v) is 3.73. The Labute approximate surface area is 89.7 Å². The van der Waals surface area contributed by atoms with Gasteiger partial charge in [-0.25, -0.2) is 0 Å². The number of thiophene rings is 1. The van der Waals surface area contributed by atoms with E-state index < -0.39 is 0 Å². The van der Waals surface area contributed by atoms with Gasteiger partial charge in [0.15, 0.2) is 0 Å². The highest BCUT2D eigenvalue weighted by Gasteiger charge is 2.05. The van der Waals surface area contributed by atoms with E-state index in [-0.39, 0.29) is 5.91 Å². The molecule has 2 aromatic rings. The van der Waals surface area contributed by atoms with Crippen LogP contribution in [0.4, 0.5) is 0 Å². The van der Waals surface area contributed by atoms with Crippen molar-refractivity contribution >= 4 is 29.2 Å². The van der Waals surface area contributed by atoms with Crippen LogP contribution in [0.5, 0.6) is 0 Å². The molecule has 0 saturated heterocycles. The van der Waals surface area contributed by atoms with Crippen LogP contribution < -0.4 is 5.73 Å². The van der Waals surface area contributed by atoms with Crippen molar-refractivity contribution < 1.29 is 4.79 Å². The number of carbonyl (C=O) groups is 1. The molecule has 2 rings (SSSR count). The molecule has 0 atom stereocenters. The largest absolute Gasteiger partial charge is 0.365 e. The van der Waals surface area contributed by atoms with Crippen molar-refractivity contribution in [2.45, 2.75) is 4.21 Å². The lowest BCUT2D eigenvalue weighted by Crippen LogP contribution is -2.07. The second-order valence-electron chi connectivity index (χ2n) is 2.62. The molecule has 0 aliphatic carbocycles. The van der Waals surface area contributed by atoms with Crippen molar-refractivity contribution in [3.63, 3.8) is 0 Å². The number of nitrogens with zero attached hydrogens (tertiary/aromatic N) is 1. The summed E-state index contributed by atoms with van der Waals surface area (Å²) in [6.07, 6.45) is 3.91. The molecule has 0 fully saturated rings. The fourth-order valence-corrected chi connectivity index (χ4v) is 2.85. The highest BCUT2D eigenvalue weighted by atomic mass is 32.2. The molecule has 2 N–H and O–H groups in total. The molecule has 0 spiro atoms. The zero-order chi connectivity index (χ0) is 9.97. The van der Waals surface area contributed by atoms with Crippen LogP contribution in [0, 0.1) is 0 Å². The van der Waals surface area contributed by atoms with Gasteiger partial charge in [0.2, 0.25) is 0 Å². The number of aromatic nitrogens is 1. The number of hydrogen-bond acceptors (Lipinski definition) is 3. The molecule has 1 amide bonds. The summed E-state index contributed by atoms with van der Waals surface area (Å²) in [4.78, 5) is 11.4. The zero-order valence-corrected chi connectivity index (χ0v) is 8.85. The molecule has 0 radical (unpaired) electrons. The van der Waals surface area contributed by atoms with E-state index in [1.54, 1.807) is 18.0 Å². The van der Waals surface area contributed by atoms with Crippen LogP contribution in [0.15, 0.2) is 40.9 Å². The number of nitrogens with two attached hydrogens (primary N) is 1. The first kappa shape index (κ1) is 9.36. The highest BCUT2D eigenvalue weighted by molar-refractivity contribution is 7.99. The molecule has 0 aliphatic rings. The molecule has 5 heteroatoms. The molecule has 0 aliphatic heterocycles. The summed E-state index contributed by atoms with van der Waals surface area (Å²) >= 11 is 2.97. The maximum atomic E-state index is 10.8. The lowest BCUT2D eigenvalue weighted by molar-refractivity contribution is 0.100. The van der Waals surface area contributed by atoms with Gasteiger partial charge in [0.1, 0.15) is 0 Å². The Morgan fingerprint density at radius 3 is 2.64 bits per heavy atom. The van der Waals surface area contributed by atoms with Crippen LogP contribution in [-0.2, 0) is 0 Å². The summed E-state index contributed by atoms with van der Waals surface area (Å²) < 4.78 is 3.02. The van der Waals surface area contributed by atoms with Crippen molar-refractivity contribution in [2.75, 3.05) is 0 Å². The second-order valence-corrected chi connectivity index (χ2v) is 5.00. The summed E-state index contributed by atoms with van der Waals surface area (Å²) in [5.74, 6) is -0.366.